The largest absolute Gasteiger partial charge is 0.415 e. The van der Waals surface area contributed by atoms with Crippen LogP contribution in [-0.4, -0.2) is 40.2 Å². The first-order valence-corrected chi connectivity index (χ1v) is 11.4. The van der Waals surface area contributed by atoms with Crippen LogP contribution in [-0.2, 0) is 9.26 Å². The third-order valence-electron chi connectivity index (χ3n) is 4.13. The van der Waals surface area contributed by atoms with Gasteiger partial charge in [0.1, 0.15) is 0 Å². The van der Waals surface area contributed by atoms with Crippen LogP contribution < -0.4 is 10.8 Å². The normalized spacial score (nSPS) is 23.8. The van der Waals surface area contributed by atoms with Gasteiger partial charge in [-0.15, -0.1) is 6.58 Å². The maximum absolute atomic E-state index is 6.28. The first-order valence-electron chi connectivity index (χ1n) is 7.40. The summed E-state index contributed by atoms with van der Waals surface area (Å²) >= 11 is 2.37. The number of halogens is 1. The van der Waals surface area contributed by atoms with E-state index >= 15 is 0 Å². The summed E-state index contributed by atoms with van der Waals surface area (Å²) in [7, 11) is -1.68. The number of hydroxylamine groups is 1. The van der Waals surface area contributed by atoms with Crippen molar-refractivity contribution in [1.29, 1.82) is 0 Å². The second-order valence-corrected chi connectivity index (χ2v) is 13.0. The van der Waals surface area contributed by atoms with E-state index in [2.05, 4.69) is 79.9 Å². The van der Waals surface area contributed by atoms with Gasteiger partial charge in [-0.1, -0.05) is 32.9 Å². The fraction of sp³-hybridized carbons (Fsp3) is 0.733. The van der Waals surface area contributed by atoms with Gasteiger partial charge in [0, 0.05) is 16.2 Å². The van der Waals surface area contributed by atoms with Crippen LogP contribution in [0.15, 0.2) is 22.3 Å². The van der Waals surface area contributed by atoms with Gasteiger partial charge in [0.2, 0.25) is 0 Å². The maximum Gasteiger partial charge on any atom is 0.192 e. The van der Waals surface area contributed by atoms with Crippen molar-refractivity contribution in [2.24, 2.45) is 0 Å². The molecule has 0 fully saturated rings. The summed E-state index contributed by atoms with van der Waals surface area (Å²) in [4.78, 5) is 5.31. The van der Waals surface area contributed by atoms with Gasteiger partial charge in [0.25, 0.3) is 0 Å². The van der Waals surface area contributed by atoms with Crippen LogP contribution in [0.2, 0.25) is 18.1 Å². The molecule has 0 amide bonds. The molecule has 0 saturated heterocycles. The number of hydrogen-bond donors (Lipinski definition) is 2. The van der Waals surface area contributed by atoms with E-state index in [4.69, 9.17) is 9.26 Å². The average Bonchev–Trinajstić information content (AvgIpc) is 2.37. The Hall–Kier alpha value is 0.267. The smallest absolute Gasteiger partial charge is 0.192 e. The van der Waals surface area contributed by atoms with E-state index in [1.807, 2.05) is 0 Å². The van der Waals surface area contributed by atoms with Gasteiger partial charge in [-0.05, 0) is 40.7 Å². The lowest BCUT2D eigenvalue weighted by atomic mass is 10.1. The van der Waals surface area contributed by atoms with Crippen molar-refractivity contribution < 1.29 is 9.26 Å². The van der Waals surface area contributed by atoms with Gasteiger partial charge in [0.05, 0.1) is 19.3 Å². The predicted octanol–water partition coefficient (Wildman–Crippen LogP) is 3.37. The minimum absolute atomic E-state index is 0.203. The molecule has 1 aliphatic heterocycles. The molecule has 0 aromatic rings. The molecule has 1 aliphatic rings. The van der Waals surface area contributed by atoms with E-state index in [1.54, 1.807) is 6.08 Å². The standard InChI is InChI=1S/C15H29IN2O2Si/c1-7-8-19-18-14-10-17-12(9-13(14)16)11-20-21(5,6)15(2,3)4/h7,9,12,14,17-18H,1,8,10-11H2,2-6H3/t12-,14-/m0/s1. The van der Waals surface area contributed by atoms with Crippen LogP contribution in [0.4, 0.5) is 0 Å². The molecule has 0 spiro atoms. The van der Waals surface area contributed by atoms with Crippen LogP contribution in [0.1, 0.15) is 20.8 Å². The molecular weight excluding hydrogens is 395 g/mol. The summed E-state index contributed by atoms with van der Waals surface area (Å²) < 4.78 is 7.54. The molecule has 0 unspecified atom stereocenters. The highest BCUT2D eigenvalue weighted by atomic mass is 127. The fourth-order valence-electron chi connectivity index (χ4n) is 1.66. The molecule has 0 aromatic heterocycles. The highest BCUT2D eigenvalue weighted by molar-refractivity contribution is 14.1. The van der Waals surface area contributed by atoms with Crippen LogP contribution in [0.3, 0.4) is 0 Å². The van der Waals surface area contributed by atoms with Crippen LogP contribution in [0.25, 0.3) is 0 Å². The van der Waals surface area contributed by atoms with Crippen molar-refractivity contribution in [2.75, 3.05) is 19.8 Å². The van der Waals surface area contributed by atoms with Crippen molar-refractivity contribution in [3.05, 3.63) is 22.3 Å². The predicted molar refractivity (Wildman–Crippen MR) is 100 cm³/mol. The SMILES string of the molecule is C=CCON[C@H]1CN[C@H](CO[Si](C)(C)C(C)(C)C)C=C1I. The Morgan fingerprint density at radius 3 is 2.71 bits per heavy atom. The minimum Gasteiger partial charge on any atom is -0.415 e. The summed E-state index contributed by atoms with van der Waals surface area (Å²) in [6.07, 6.45) is 3.96. The second kappa shape index (κ2) is 8.21. The third-order valence-corrected chi connectivity index (χ3v) is 9.75. The lowest BCUT2D eigenvalue weighted by Gasteiger charge is -2.38. The molecule has 21 heavy (non-hydrogen) atoms. The molecule has 2 atom stereocenters. The van der Waals surface area contributed by atoms with E-state index in [1.165, 1.54) is 3.58 Å². The van der Waals surface area contributed by atoms with Gasteiger partial charge in [-0.2, -0.15) is 5.48 Å². The summed E-state index contributed by atoms with van der Waals surface area (Å²) in [6, 6.07) is 0.484. The molecule has 1 rings (SSSR count). The zero-order chi connectivity index (χ0) is 16.1. The van der Waals surface area contributed by atoms with Crippen LogP contribution in [0, 0.1) is 0 Å². The van der Waals surface area contributed by atoms with Crippen molar-refractivity contribution in [2.45, 2.75) is 51.0 Å². The molecule has 4 nitrogen and oxygen atoms in total. The number of rotatable bonds is 7. The Morgan fingerprint density at radius 1 is 1.52 bits per heavy atom. The number of nitrogens with one attached hydrogen (secondary N) is 2. The first kappa shape index (κ1) is 19.3. The quantitative estimate of drug-likeness (QED) is 0.216. The zero-order valence-electron chi connectivity index (χ0n) is 13.8. The lowest BCUT2D eigenvalue weighted by Crippen LogP contribution is -2.50. The zero-order valence-corrected chi connectivity index (χ0v) is 17.0. The van der Waals surface area contributed by atoms with E-state index in [0.29, 0.717) is 6.61 Å². The minimum atomic E-state index is -1.68. The Labute approximate surface area is 144 Å². The Balaban J connectivity index is 2.48. The van der Waals surface area contributed by atoms with Gasteiger partial charge in [-0.3, -0.25) is 4.84 Å². The highest BCUT2D eigenvalue weighted by Gasteiger charge is 2.37. The number of hydrogen-bond acceptors (Lipinski definition) is 4. The molecule has 0 bridgehead atoms. The summed E-state index contributed by atoms with van der Waals surface area (Å²) in [5, 5.41) is 3.75. The van der Waals surface area contributed by atoms with Crippen molar-refractivity contribution in [3.63, 3.8) is 0 Å². The summed E-state index contributed by atoms with van der Waals surface area (Å²) in [5.74, 6) is 0. The molecule has 0 radical (unpaired) electrons. The summed E-state index contributed by atoms with van der Waals surface area (Å²) in [5.41, 5.74) is 3.05. The Morgan fingerprint density at radius 2 is 2.19 bits per heavy atom. The molecule has 122 valence electrons. The molecular formula is C15H29IN2O2Si. The van der Waals surface area contributed by atoms with Gasteiger partial charge < -0.3 is 9.74 Å². The van der Waals surface area contributed by atoms with E-state index < -0.39 is 8.32 Å². The van der Waals surface area contributed by atoms with Crippen molar-refractivity contribution in [1.82, 2.24) is 10.8 Å². The Kier molecular flexibility index (Phi) is 7.55. The average molecular weight is 424 g/mol. The first-order chi connectivity index (χ1) is 9.67. The molecule has 1 heterocycles. The fourth-order valence-corrected chi connectivity index (χ4v) is 3.47. The van der Waals surface area contributed by atoms with Crippen LogP contribution >= 0.6 is 22.6 Å². The van der Waals surface area contributed by atoms with Crippen molar-refractivity contribution >= 4 is 30.9 Å². The Bertz CT molecular complexity index is 380. The molecule has 2 N–H and O–H groups in total. The van der Waals surface area contributed by atoms with Gasteiger partial charge in [-0.25, -0.2) is 0 Å². The summed E-state index contributed by atoms with van der Waals surface area (Å²) in [6.45, 7) is 17.1. The molecule has 0 aliphatic carbocycles. The molecule has 0 saturated carbocycles. The third kappa shape index (κ3) is 6.11. The maximum atomic E-state index is 6.28. The van der Waals surface area contributed by atoms with Gasteiger partial charge >= 0.3 is 0 Å². The monoisotopic (exact) mass is 424 g/mol. The second-order valence-electron chi connectivity index (χ2n) is 6.91. The highest BCUT2D eigenvalue weighted by Crippen LogP contribution is 2.36. The lowest BCUT2D eigenvalue weighted by molar-refractivity contribution is 0.0437. The van der Waals surface area contributed by atoms with E-state index in [0.717, 1.165) is 13.2 Å². The van der Waals surface area contributed by atoms with Crippen LogP contribution in [0.5, 0.6) is 0 Å². The van der Waals surface area contributed by atoms with Gasteiger partial charge in [0.15, 0.2) is 8.32 Å². The molecule has 6 heteroatoms. The topological polar surface area (TPSA) is 42.5 Å². The van der Waals surface area contributed by atoms with E-state index in [-0.39, 0.29) is 17.1 Å². The van der Waals surface area contributed by atoms with Crippen molar-refractivity contribution in [3.8, 4) is 0 Å². The molecule has 0 aromatic carbocycles. The van der Waals surface area contributed by atoms with E-state index in [9.17, 15) is 0 Å².